The van der Waals surface area contributed by atoms with E-state index in [9.17, 15) is 4.79 Å². The van der Waals surface area contributed by atoms with E-state index >= 15 is 0 Å². The van der Waals surface area contributed by atoms with E-state index in [1.54, 1.807) is 12.3 Å². The number of nitrogens with zero attached hydrogens (tertiary/aromatic N) is 2. The lowest BCUT2D eigenvalue weighted by atomic mass is 10.2. The van der Waals surface area contributed by atoms with Crippen molar-refractivity contribution in [3.63, 3.8) is 0 Å². The molecule has 0 aliphatic rings. The summed E-state index contributed by atoms with van der Waals surface area (Å²) in [5.74, 6) is 0.718. The summed E-state index contributed by atoms with van der Waals surface area (Å²) in [5, 5.41) is 0. The highest BCUT2D eigenvalue weighted by atomic mass is 16.5. The minimum Gasteiger partial charge on any atom is -0.481 e. The van der Waals surface area contributed by atoms with Crippen LogP contribution in [0, 0.1) is 0 Å². The highest BCUT2D eigenvalue weighted by Gasteiger charge is 2.05. The molecule has 1 heterocycles. The van der Waals surface area contributed by atoms with Gasteiger partial charge in [-0.3, -0.25) is 4.79 Å². The number of carbonyl (C=O) groups excluding carboxylic acids is 1. The number of ether oxygens (including phenoxy) is 2. The maximum absolute atomic E-state index is 11.3. The number of aromatic nitrogens is 2. The van der Waals surface area contributed by atoms with Gasteiger partial charge in [0.15, 0.2) is 12.4 Å². The fourth-order valence-electron chi connectivity index (χ4n) is 1.30. The fraction of sp³-hybridized carbons (Fsp3) is 0.583. The van der Waals surface area contributed by atoms with Crippen LogP contribution in [0.3, 0.4) is 0 Å². The molecule has 94 valence electrons. The second-order valence-corrected chi connectivity index (χ2v) is 3.63. The molecule has 1 rings (SSSR count). The smallest absolute Gasteiger partial charge is 0.306 e. The van der Waals surface area contributed by atoms with Gasteiger partial charge in [-0.2, -0.15) is 4.98 Å². The summed E-state index contributed by atoms with van der Waals surface area (Å²) < 4.78 is 10.0. The third kappa shape index (κ3) is 5.29. The molecule has 0 aliphatic heterocycles. The topological polar surface area (TPSA) is 61.3 Å². The second-order valence-electron chi connectivity index (χ2n) is 3.63. The van der Waals surface area contributed by atoms with Crippen LogP contribution in [0.1, 0.15) is 38.4 Å². The highest BCUT2D eigenvalue weighted by molar-refractivity contribution is 5.69. The van der Waals surface area contributed by atoms with E-state index in [1.807, 2.05) is 0 Å². The third-order valence-electron chi connectivity index (χ3n) is 2.24. The molecule has 5 nitrogen and oxygen atoms in total. The van der Waals surface area contributed by atoms with Crippen LogP contribution in [0.15, 0.2) is 12.3 Å². The van der Waals surface area contributed by atoms with E-state index in [0.717, 1.165) is 19.3 Å². The lowest BCUT2D eigenvalue weighted by Crippen LogP contribution is -2.07. The SMILES string of the molecule is CCCCCC(=O)OCc1nccc(OC)n1. The van der Waals surface area contributed by atoms with Crippen molar-refractivity contribution in [3.05, 3.63) is 18.1 Å². The van der Waals surface area contributed by atoms with Crippen molar-refractivity contribution in [2.24, 2.45) is 0 Å². The zero-order valence-electron chi connectivity index (χ0n) is 10.3. The van der Waals surface area contributed by atoms with Gasteiger partial charge in [-0.05, 0) is 6.42 Å². The summed E-state index contributed by atoms with van der Waals surface area (Å²) in [5.41, 5.74) is 0. The summed E-state index contributed by atoms with van der Waals surface area (Å²) in [7, 11) is 1.53. The molecular weight excluding hydrogens is 220 g/mol. The lowest BCUT2D eigenvalue weighted by Gasteiger charge is -2.04. The first-order valence-electron chi connectivity index (χ1n) is 5.77. The molecule has 0 spiro atoms. The molecule has 0 N–H and O–H groups in total. The van der Waals surface area contributed by atoms with Crippen LogP contribution in [-0.2, 0) is 16.1 Å². The van der Waals surface area contributed by atoms with E-state index in [4.69, 9.17) is 9.47 Å². The number of carbonyl (C=O) groups is 1. The van der Waals surface area contributed by atoms with Crippen LogP contribution in [0.2, 0.25) is 0 Å². The van der Waals surface area contributed by atoms with Crippen molar-refractivity contribution in [3.8, 4) is 5.88 Å². The third-order valence-corrected chi connectivity index (χ3v) is 2.24. The highest BCUT2D eigenvalue weighted by Crippen LogP contribution is 2.06. The van der Waals surface area contributed by atoms with E-state index in [2.05, 4.69) is 16.9 Å². The Labute approximate surface area is 101 Å². The number of esters is 1. The number of hydrogen-bond donors (Lipinski definition) is 0. The Kier molecular flexibility index (Phi) is 5.99. The summed E-state index contributed by atoms with van der Waals surface area (Å²) in [6, 6.07) is 1.65. The van der Waals surface area contributed by atoms with Crippen LogP contribution < -0.4 is 4.74 Å². The van der Waals surface area contributed by atoms with Crippen molar-refractivity contribution in [2.45, 2.75) is 39.2 Å². The number of methoxy groups -OCH3 is 1. The predicted octanol–water partition coefficient (Wildman–Crippen LogP) is 2.11. The molecule has 0 saturated heterocycles. The number of hydrogen-bond acceptors (Lipinski definition) is 5. The van der Waals surface area contributed by atoms with E-state index in [0.29, 0.717) is 18.1 Å². The van der Waals surface area contributed by atoms with Gasteiger partial charge in [0.2, 0.25) is 5.88 Å². The van der Waals surface area contributed by atoms with E-state index in [1.165, 1.54) is 7.11 Å². The molecule has 1 aromatic heterocycles. The molecule has 0 amide bonds. The number of unbranched alkanes of at least 4 members (excludes halogenated alkanes) is 2. The van der Waals surface area contributed by atoms with Gasteiger partial charge in [0, 0.05) is 18.7 Å². The largest absolute Gasteiger partial charge is 0.481 e. The monoisotopic (exact) mass is 238 g/mol. The summed E-state index contributed by atoms with van der Waals surface area (Å²) in [6.45, 7) is 2.19. The molecule has 0 atom stereocenters. The molecule has 0 unspecified atom stereocenters. The zero-order chi connectivity index (χ0) is 12.5. The van der Waals surface area contributed by atoms with Crippen molar-refractivity contribution >= 4 is 5.97 Å². The standard InChI is InChI=1S/C12H18N2O3/c1-3-4-5-6-12(15)17-9-10-13-8-7-11(14-10)16-2/h7-8H,3-6,9H2,1-2H3. The van der Waals surface area contributed by atoms with Crippen molar-refractivity contribution in [1.82, 2.24) is 9.97 Å². The van der Waals surface area contributed by atoms with E-state index < -0.39 is 0 Å². The predicted molar refractivity (Wildman–Crippen MR) is 62.5 cm³/mol. The zero-order valence-corrected chi connectivity index (χ0v) is 10.3. The van der Waals surface area contributed by atoms with Crippen molar-refractivity contribution in [2.75, 3.05) is 7.11 Å². The van der Waals surface area contributed by atoms with Gasteiger partial charge in [-0.1, -0.05) is 19.8 Å². The van der Waals surface area contributed by atoms with Crippen molar-refractivity contribution in [1.29, 1.82) is 0 Å². The van der Waals surface area contributed by atoms with Crippen LogP contribution in [0.5, 0.6) is 5.88 Å². The molecule has 17 heavy (non-hydrogen) atoms. The van der Waals surface area contributed by atoms with Crippen LogP contribution in [0.25, 0.3) is 0 Å². The first kappa shape index (κ1) is 13.4. The maximum atomic E-state index is 11.3. The quantitative estimate of drug-likeness (QED) is 0.537. The van der Waals surface area contributed by atoms with Crippen LogP contribution in [-0.4, -0.2) is 23.0 Å². The minimum atomic E-state index is -0.204. The van der Waals surface area contributed by atoms with Crippen molar-refractivity contribution < 1.29 is 14.3 Å². The summed E-state index contributed by atoms with van der Waals surface area (Å²) >= 11 is 0. The van der Waals surface area contributed by atoms with Crippen LogP contribution >= 0.6 is 0 Å². The van der Waals surface area contributed by atoms with E-state index in [-0.39, 0.29) is 12.6 Å². The van der Waals surface area contributed by atoms with Gasteiger partial charge in [0.25, 0.3) is 0 Å². The maximum Gasteiger partial charge on any atom is 0.306 e. The first-order chi connectivity index (χ1) is 8.26. The fourth-order valence-corrected chi connectivity index (χ4v) is 1.30. The Bertz CT molecular complexity index is 355. The molecule has 1 aromatic rings. The molecular formula is C12H18N2O3. The second kappa shape index (κ2) is 7.60. The molecule has 0 aliphatic carbocycles. The Morgan fingerprint density at radius 3 is 2.94 bits per heavy atom. The molecule has 0 aromatic carbocycles. The van der Waals surface area contributed by atoms with Gasteiger partial charge in [0.05, 0.1) is 7.11 Å². The average Bonchev–Trinajstić information content (AvgIpc) is 2.37. The normalized spacial score (nSPS) is 10.0. The molecule has 0 bridgehead atoms. The van der Waals surface area contributed by atoms with Gasteiger partial charge in [-0.25, -0.2) is 4.98 Å². The lowest BCUT2D eigenvalue weighted by molar-refractivity contribution is -0.145. The molecule has 0 radical (unpaired) electrons. The Balaban J connectivity index is 2.31. The summed E-state index contributed by atoms with van der Waals surface area (Å²) in [6.07, 6.45) is 5.04. The molecule has 0 fully saturated rings. The minimum absolute atomic E-state index is 0.0994. The van der Waals surface area contributed by atoms with Gasteiger partial charge in [-0.15, -0.1) is 0 Å². The average molecular weight is 238 g/mol. The summed E-state index contributed by atoms with van der Waals surface area (Å²) in [4.78, 5) is 19.4. The van der Waals surface area contributed by atoms with Gasteiger partial charge in [0.1, 0.15) is 0 Å². The van der Waals surface area contributed by atoms with Gasteiger partial charge >= 0.3 is 5.97 Å². The number of rotatable bonds is 7. The Morgan fingerprint density at radius 1 is 1.41 bits per heavy atom. The molecule has 0 saturated carbocycles. The first-order valence-corrected chi connectivity index (χ1v) is 5.77. The Morgan fingerprint density at radius 2 is 2.24 bits per heavy atom. The van der Waals surface area contributed by atoms with Gasteiger partial charge < -0.3 is 9.47 Å². The Hall–Kier alpha value is -1.65. The van der Waals surface area contributed by atoms with Crippen LogP contribution in [0.4, 0.5) is 0 Å². The molecule has 5 heteroatoms.